The summed E-state index contributed by atoms with van der Waals surface area (Å²) in [5.74, 6) is 2.66. The molecule has 1 saturated heterocycles. The van der Waals surface area contributed by atoms with Crippen LogP contribution in [0.3, 0.4) is 0 Å². The van der Waals surface area contributed by atoms with Gasteiger partial charge in [0, 0.05) is 33.4 Å². The molecule has 2 rings (SSSR count). The van der Waals surface area contributed by atoms with Crippen LogP contribution in [-0.2, 0) is 4.74 Å². The Kier molecular flexibility index (Phi) is 11.2. The quantitative estimate of drug-likeness (QED) is 0.251. The summed E-state index contributed by atoms with van der Waals surface area (Å²) in [5, 5.41) is 6.80. The van der Waals surface area contributed by atoms with Crippen molar-refractivity contribution in [2.45, 2.75) is 38.5 Å². The second kappa shape index (κ2) is 12.3. The van der Waals surface area contributed by atoms with Gasteiger partial charge in [-0.05, 0) is 70.5 Å². The highest BCUT2D eigenvalue weighted by Gasteiger charge is 2.20. The fourth-order valence-corrected chi connectivity index (χ4v) is 2.88. The Morgan fingerprint density at radius 2 is 1.78 bits per heavy atom. The summed E-state index contributed by atoms with van der Waals surface area (Å²) in [7, 11) is 4.06. The highest BCUT2D eigenvalue weighted by atomic mass is 127. The van der Waals surface area contributed by atoms with Crippen LogP contribution in [0.1, 0.15) is 38.5 Å². The van der Waals surface area contributed by atoms with E-state index in [1.165, 1.54) is 45.2 Å². The number of aliphatic imine (C=N–C) groups is 1. The molecule has 2 N–H and O–H groups in total. The lowest BCUT2D eigenvalue weighted by Gasteiger charge is -2.29. The van der Waals surface area contributed by atoms with Crippen LogP contribution in [0.15, 0.2) is 4.99 Å². The van der Waals surface area contributed by atoms with E-state index in [-0.39, 0.29) is 24.0 Å². The van der Waals surface area contributed by atoms with E-state index < -0.39 is 0 Å². The van der Waals surface area contributed by atoms with Crippen molar-refractivity contribution in [1.29, 1.82) is 0 Å². The van der Waals surface area contributed by atoms with Crippen molar-refractivity contribution in [2.24, 2.45) is 16.8 Å². The zero-order valence-electron chi connectivity index (χ0n) is 14.9. The van der Waals surface area contributed by atoms with Gasteiger partial charge in [-0.3, -0.25) is 4.99 Å². The fourth-order valence-electron chi connectivity index (χ4n) is 2.88. The Bertz CT molecular complexity index is 329. The van der Waals surface area contributed by atoms with Gasteiger partial charge in [-0.15, -0.1) is 24.0 Å². The van der Waals surface area contributed by atoms with Gasteiger partial charge in [-0.25, -0.2) is 0 Å². The molecule has 0 radical (unpaired) electrons. The third-order valence-corrected chi connectivity index (χ3v) is 4.72. The smallest absolute Gasteiger partial charge is 0.190 e. The third kappa shape index (κ3) is 9.72. The Morgan fingerprint density at radius 3 is 2.43 bits per heavy atom. The summed E-state index contributed by atoms with van der Waals surface area (Å²) in [5.41, 5.74) is 0. The molecular formula is C17H35IN4O. The zero-order chi connectivity index (χ0) is 15.6. The van der Waals surface area contributed by atoms with Crippen molar-refractivity contribution >= 4 is 29.9 Å². The molecule has 0 aromatic heterocycles. The number of ether oxygens (including phenoxy) is 1. The van der Waals surface area contributed by atoms with E-state index >= 15 is 0 Å². The van der Waals surface area contributed by atoms with E-state index in [4.69, 9.17) is 4.74 Å². The van der Waals surface area contributed by atoms with Crippen molar-refractivity contribution in [3.63, 3.8) is 0 Å². The number of hydrogen-bond donors (Lipinski definition) is 2. The van der Waals surface area contributed by atoms with Crippen LogP contribution < -0.4 is 10.6 Å². The molecule has 1 aliphatic heterocycles. The molecule has 0 bridgehead atoms. The lowest BCUT2D eigenvalue weighted by atomic mass is 9.94. The van der Waals surface area contributed by atoms with Crippen molar-refractivity contribution < 1.29 is 4.74 Å². The minimum Gasteiger partial charge on any atom is -0.381 e. The highest BCUT2D eigenvalue weighted by Crippen LogP contribution is 2.28. The average Bonchev–Trinajstić information content (AvgIpc) is 3.35. The third-order valence-electron chi connectivity index (χ3n) is 4.72. The largest absolute Gasteiger partial charge is 0.381 e. The SMILES string of the molecule is CN=C(NCCCOCC1CC1)NCCC1CCN(C)CC1.I. The molecule has 0 aromatic rings. The van der Waals surface area contributed by atoms with Crippen LogP contribution in [0, 0.1) is 11.8 Å². The van der Waals surface area contributed by atoms with Gasteiger partial charge in [0.1, 0.15) is 0 Å². The molecule has 0 spiro atoms. The molecule has 0 unspecified atom stereocenters. The van der Waals surface area contributed by atoms with E-state index in [0.29, 0.717) is 0 Å². The summed E-state index contributed by atoms with van der Waals surface area (Å²) in [6.45, 7) is 6.27. The topological polar surface area (TPSA) is 48.9 Å². The van der Waals surface area contributed by atoms with Crippen LogP contribution >= 0.6 is 24.0 Å². The summed E-state index contributed by atoms with van der Waals surface area (Å²) < 4.78 is 5.64. The fraction of sp³-hybridized carbons (Fsp3) is 0.941. The number of piperidine rings is 1. The lowest BCUT2D eigenvalue weighted by molar-refractivity contribution is 0.123. The van der Waals surface area contributed by atoms with Crippen LogP contribution in [0.2, 0.25) is 0 Å². The summed E-state index contributed by atoms with van der Waals surface area (Å²) in [6.07, 6.45) is 7.70. The Labute approximate surface area is 159 Å². The number of likely N-dealkylation sites (tertiary alicyclic amines) is 1. The normalized spacial score (nSPS) is 20.2. The van der Waals surface area contributed by atoms with Gasteiger partial charge < -0.3 is 20.3 Å². The number of guanidine groups is 1. The minimum atomic E-state index is 0. The average molecular weight is 438 g/mol. The van der Waals surface area contributed by atoms with Gasteiger partial charge in [0.15, 0.2) is 5.96 Å². The Morgan fingerprint density at radius 1 is 1.09 bits per heavy atom. The van der Waals surface area contributed by atoms with Crippen LogP contribution in [0.25, 0.3) is 0 Å². The predicted octanol–water partition coefficient (Wildman–Crippen LogP) is 2.32. The lowest BCUT2D eigenvalue weighted by Crippen LogP contribution is -2.39. The van der Waals surface area contributed by atoms with Crippen LogP contribution in [0.5, 0.6) is 0 Å². The first-order chi connectivity index (χ1) is 10.8. The Hall–Kier alpha value is -0.0800. The molecular weight excluding hydrogens is 403 g/mol. The first-order valence-corrected chi connectivity index (χ1v) is 8.98. The second-order valence-corrected chi connectivity index (χ2v) is 6.83. The molecule has 1 aliphatic carbocycles. The van der Waals surface area contributed by atoms with Gasteiger partial charge in [0.25, 0.3) is 0 Å². The second-order valence-electron chi connectivity index (χ2n) is 6.83. The van der Waals surface area contributed by atoms with E-state index in [9.17, 15) is 0 Å². The van der Waals surface area contributed by atoms with E-state index in [0.717, 1.165) is 50.5 Å². The number of nitrogens with one attached hydrogen (secondary N) is 2. The molecule has 6 heteroatoms. The number of nitrogens with zero attached hydrogens (tertiary/aromatic N) is 2. The van der Waals surface area contributed by atoms with E-state index in [2.05, 4.69) is 27.6 Å². The predicted molar refractivity (Wildman–Crippen MR) is 108 cm³/mol. The van der Waals surface area contributed by atoms with E-state index in [1.54, 1.807) is 0 Å². The van der Waals surface area contributed by atoms with Crippen molar-refractivity contribution in [3.05, 3.63) is 0 Å². The molecule has 2 fully saturated rings. The molecule has 23 heavy (non-hydrogen) atoms. The highest BCUT2D eigenvalue weighted by molar-refractivity contribution is 14.0. The number of rotatable bonds is 9. The molecule has 0 aromatic carbocycles. The molecule has 1 saturated carbocycles. The van der Waals surface area contributed by atoms with Gasteiger partial charge in [0.2, 0.25) is 0 Å². The minimum absolute atomic E-state index is 0. The van der Waals surface area contributed by atoms with Gasteiger partial charge in [0.05, 0.1) is 0 Å². The monoisotopic (exact) mass is 438 g/mol. The van der Waals surface area contributed by atoms with Gasteiger partial charge in [-0.2, -0.15) is 0 Å². The standard InChI is InChI=1S/C17H34N4O.HI/c1-18-17(19-9-3-13-22-14-16-4-5-16)20-10-6-15-7-11-21(2)12-8-15;/h15-16H,3-14H2,1-2H3,(H2,18,19,20);1H. The van der Waals surface area contributed by atoms with Crippen molar-refractivity contribution in [3.8, 4) is 0 Å². The first-order valence-electron chi connectivity index (χ1n) is 8.98. The van der Waals surface area contributed by atoms with Crippen LogP contribution in [0.4, 0.5) is 0 Å². The van der Waals surface area contributed by atoms with E-state index in [1.807, 2.05) is 7.05 Å². The van der Waals surface area contributed by atoms with Gasteiger partial charge in [-0.1, -0.05) is 0 Å². The maximum Gasteiger partial charge on any atom is 0.190 e. The summed E-state index contributed by atoms with van der Waals surface area (Å²) in [6, 6.07) is 0. The van der Waals surface area contributed by atoms with Crippen molar-refractivity contribution in [1.82, 2.24) is 15.5 Å². The summed E-state index contributed by atoms with van der Waals surface area (Å²) >= 11 is 0. The molecule has 2 aliphatic rings. The van der Waals surface area contributed by atoms with Crippen molar-refractivity contribution in [2.75, 3.05) is 53.5 Å². The van der Waals surface area contributed by atoms with Gasteiger partial charge >= 0.3 is 0 Å². The zero-order valence-corrected chi connectivity index (χ0v) is 17.2. The molecule has 0 atom stereocenters. The molecule has 1 heterocycles. The van der Waals surface area contributed by atoms with Crippen LogP contribution in [-0.4, -0.2) is 64.3 Å². The summed E-state index contributed by atoms with van der Waals surface area (Å²) in [4.78, 5) is 6.71. The maximum atomic E-state index is 5.64. The molecule has 5 nitrogen and oxygen atoms in total. The number of halogens is 1. The number of hydrogen-bond acceptors (Lipinski definition) is 3. The maximum absolute atomic E-state index is 5.64. The molecule has 136 valence electrons. The Balaban J connectivity index is 0.00000264. The molecule has 0 amide bonds. The first kappa shape index (κ1) is 21.0.